The first kappa shape index (κ1) is 12.5. The van der Waals surface area contributed by atoms with Gasteiger partial charge in [-0.05, 0) is 39.3 Å². The minimum absolute atomic E-state index is 0.284. The molecule has 0 bridgehead atoms. The van der Waals surface area contributed by atoms with Crippen LogP contribution in [0.5, 0.6) is 0 Å². The van der Waals surface area contributed by atoms with Gasteiger partial charge in [0.2, 0.25) is 5.89 Å². The van der Waals surface area contributed by atoms with Crippen molar-refractivity contribution in [1.29, 1.82) is 0 Å². The predicted octanol–water partition coefficient (Wildman–Crippen LogP) is 1.33. The summed E-state index contributed by atoms with van der Waals surface area (Å²) in [7, 11) is 1.94. The van der Waals surface area contributed by atoms with Gasteiger partial charge >= 0.3 is 0 Å². The maximum absolute atomic E-state index is 5.66. The van der Waals surface area contributed by atoms with Crippen molar-refractivity contribution >= 4 is 0 Å². The first-order chi connectivity index (χ1) is 8.38. The molecule has 1 aromatic heterocycles. The largest absolute Gasteiger partial charge is 0.378 e. The van der Waals surface area contributed by atoms with Crippen LogP contribution in [0.4, 0.5) is 0 Å². The minimum Gasteiger partial charge on any atom is -0.378 e. The summed E-state index contributed by atoms with van der Waals surface area (Å²) in [5.74, 6) is 1.53. The van der Waals surface area contributed by atoms with Gasteiger partial charge in [0.1, 0.15) is 0 Å². The van der Waals surface area contributed by atoms with Crippen molar-refractivity contribution in [2.75, 3.05) is 20.2 Å². The van der Waals surface area contributed by atoms with E-state index < -0.39 is 0 Å². The van der Waals surface area contributed by atoms with Crippen molar-refractivity contribution in [3.8, 4) is 0 Å². The Balaban J connectivity index is 1.76. The fourth-order valence-corrected chi connectivity index (χ4v) is 2.06. The lowest BCUT2D eigenvalue weighted by atomic mass is 10.1. The highest BCUT2D eigenvalue weighted by Gasteiger charge is 2.17. The first-order valence-corrected chi connectivity index (χ1v) is 6.46. The van der Waals surface area contributed by atoms with Gasteiger partial charge in [0.25, 0.3) is 0 Å². The summed E-state index contributed by atoms with van der Waals surface area (Å²) in [6.07, 6.45) is 6.48. The third-order valence-corrected chi connectivity index (χ3v) is 3.01. The summed E-state index contributed by atoms with van der Waals surface area (Å²) in [6, 6.07) is 0. The van der Waals surface area contributed by atoms with Gasteiger partial charge in [0.15, 0.2) is 5.82 Å². The number of nitrogens with zero attached hydrogens (tertiary/aromatic N) is 2. The molecule has 0 aliphatic carbocycles. The van der Waals surface area contributed by atoms with Crippen LogP contribution in [0, 0.1) is 0 Å². The van der Waals surface area contributed by atoms with E-state index in [0.717, 1.165) is 50.6 Å². The Labute approximate surface area is 102 Å². The molecule has 0 saturated carbocycles. The molecule has 1 unspecified atom stereocenters. The molecular weight excluding hydrogens is 218 g/mol. The smallest absolute Gasteiger partial charge is 0.226 e. The average molecular weight is 239 g/mol. The highest BCUT2D eigenvalue weighted by Crippen LogP contribution is 2.16. The van der Waals surface area contributed by atoms with Gasteiger partial charge in [0, 0.05) is 19.4 Å². The highest BCUT2D eigenvalue weighted by atomic mass is 16.5. The molecule has 17 heavy (non-hydrogen) atoms. The molecule has 0 aromatic carbocycles. The van der Waals surface area contributed by atoms with E-state index in [9.17, 15) is 0 Å². The molecule has 1 fully saturated rings. The molecule has 1 saturated heterocycles. The van der Waals surface area contributed by atoms with Gasteiger partial charge in [-0.1, -0.05) is 5.16 Å². The van der Waals surface area contributed by atoms with E-state index in [0.29, 0.717) is 0 Å². The van der Waals surface area contributed by atoms with E-state index >= 15 is 0 Å². The number of hydrogen-bond acceptors (Lipinski definition) is 5. The summed E-state index contributed by atoms with van der Waals surface area (Å²) in [6.45, 7) is 1.85. The summed E-state index contributed by atoms with van der Waals surface area (Å²) in [4.78, 5) is 4.39. The second-order valence-corrected chi connectivity index (χ2v) is 4.50. The minimum atomic E-state index is 0.284. The number of nitrogens with one attached hydrogen (secondary N) is 1. The van der Waals surface area contributed by atoms with Crippen LogP contribution >= 0.6 is 0 Å². The van der Waals surface area contributed by atoms with Crippen LogP contribution in [0.15, 0.2) is 4.52 Å². The number of aryl methyl sites for hydroxylation is 1. The van der Waals surface area contributed by atoms with Gasteiger partial charge in [-0.2, -0.15) is 4.98 Å². The van der Waals surface area contributed by atoms with E-state index in [1.165, 1.54) is 12.8 Å². The summed E-state index contributed by atoms with van der Waals surface area (Å²) >= 11 is 0. The Morgan fingerprint density at radius 1 is 1.41 bits per heavy atom. The van der Waals surface area contributed by atoms with Crippen LogP contribution in [0.3, 0.4) is 0 Å². The maximum atomic E-state index is 5.66. The van der Waals surface area contributed by atoms with E-state index in [1.807, 2.05) is 7.05 Å². The van der Waals surface area contributed by atoms with Crippen molar-refractivity contribution in [2.45, 2.75) is 44.6 Å². The third kappa shape index (κ3) is 4.09. The molecule has 5 heteroatoms. The van der Waals surface area contributed by atoms with E-state index in [1.54, 1.807) is 0 Å². The molecule has 0 radical (unpaired) electrons. The number of hydrogen-bond donors (Lipinski definition) is 1. The summed E-state index contributed by atoms with van der Waals surface area (Å²) in [5.41, 5.74) is 0. The molecule has 2 rings (SSSR count). The fraction of sp³-hybridized carbons (Fsp3) is 0.833. The highest BCUT2D eigenvalue weighted by molar-refractivity contribution is 4.89. The van der Waals surface area contributed by atoms with Gasteiger partial charge in [-0.15, -0.1) is 0 Å². The van der Waals surface area contributed by atoms with Gasteiger partial charge in [-0.25, -0.2) is 0 Å². The second-order valence-electron chi connectivity index (χ2n) is 4.50. The van der Waals surface area contributed by atoms with Crippen LogP contribution in [0.25, 0.3) is 0 Å². The fourth-order valence-electron chi connectivity index (χ4n) is 2.06. The van der Waals surface area contributed by atoms with Crippen LogP contribution in [-0.2, 0) is 17.6 Å². The Morgan fingerprint density at radius 2 is 2.35 bits per heavy atom. The van der Waals surface area contributed by atoms with Crippen molar-refractivity contribution in [1.82, 2.24) is 15.5 Å². The van der Waals surface area contributed by atoms with Crippen LogP contribution in [0.2, 0.25) is 0 Å². The van der Waals surface area contributed by atoms with Crippen LogP contribution in [-0.4, -0.2) is 36.4 Å². The molecule has 96 valence electrons. The lowest BCUT2D eigenvalue weighted by molar-refractivity contribution is 0.0153. The molecule has 1 aliphatic rings. The van der Waals surface area contributed by atoms with Crippen LogP contribution in [0.1, 0.15) is 37.4 Å². The lowest BCUT2D eigenvalue weighted by Gasteiger charge is -2.20. The third-order valence-electron chi connectivity index (χ3n) is 3.01. The van der Waals surface area contributed by atoms with Crippen LogP contribution < -0.4 is 5.32 Å². The van der Waals surface area contributed by atoms with Gasteiger partial charge in [-0.3, -0.25) is 0 Å². The maximum Gasteiger partial charge on any atom is 0.226 e. The molecule has 5 nitrogen and oxygen atoms in total. The molecule has 2 heterocycles. The van der Waals surface area contributed by atoms with E-state index in [2.05, 4.69) is 15.5 Å². The predicted molar refractivity (Wildman–Crippen MR) is 63.8 cm³/mol. The Kier molecular flexibility index (Phi) is 4.94. The SMILES string of the molecule is CNCCCc1nc(CC2CCCCO2)no1. The molecule has 1 atom stereocenters. The van der Waals surface area contributed by atoms with E-state index in [-0.39, 0.29) is 6.10 Å². The standard InChI is InChI=1S/C12H21N3O2/c1-13-7-4-6-12-14-11(15-17-12)9-10-5-2-3-8-16-10/h10,13H,2-9H2,1H3. The van der Waals surface area contributed by atoms with Crippen molar-refractivity contribution in [2.24, 2.45) is 0 Å². The summed E-state index contributed by atoms with van der Waals surface area (Å²) in [5, 5.41) is 7.10. The van der Waals surface area contributed by atoms with Gasteiger partial charge < -0.3 is 14.6 Å². The quantitative estimate of drug-likeness (QED) is 0.759. The lowest BCUT2D eigenvalue weighted by Crippen LogP contribution is -2.21. The monoisotopic (exact) mass is 239 g/mol. The molecule has 0 amide bonds. The van der Waals surface area contributed by atoms with E-state index in [4.69, 9.17) is 9.26 Å². The molecule has 1 aliphatic heterocycles. The normalized spacial score (nSPS) is 20.6. The Hall–Kier alpha value is -0.940. The first-order valence-electron chi connectivity index (χ1n) is 6.46. The summed E-state index contributed by atoms with van der Waals surface area (Å²) < 4.78 is 10.9. The van der Waals surface area contributed by atoms with Gasteiger partial charge in [0.05, 0.1) is 6.10 Å². The molecule has 0 spiro atoms. The number of aromatic nitrogens is 2. The molecule has 1 aromatic rings. The molecule has 1 N–H and O–H groups in total. The Bertz CT molecular complexity index is 321. The zero-order valence-corrected chi connectivity index (χ0v) is 10.4. The van der Waals surface area contributed by atoms with Crippen molar-refractivity contribution in [3.05, 3.63) is 11.7 Å². The number of rotatable bonds is 6. The second kappa shape index (κ2) is 6.71. The van der Waals surface area contributed by atoms with Crippen molar-refractivity contribution < 1.29 is 9.26 Å². The zero-order chi connectivity index (χ0) is 11.9. The molecular formula is C12H21N3O2. The topological polar surface area (TPSA) is 60.2 Å². The zero-order valence-electron chi connectivity index (χ0n) is 10.4. The van der Waals surface area contributed by atoms with Crippen molar-refractivity contribution in [3.63, 3.8) is 0 Å². The number of ether oxygens (including phenoxy) is 1. The Morgan fingerprint density at radius 3 is 3.12 bits per heavy atom. The average Bonchev–Trinajstić information content (AvgIpc) is 2.79.